The summed E-state index contributed by atoms with van der Waals surface area (Å²) in [7, 11) is 0. The molecule has 0 N–H and O–H groups in total. The summed E-state index contributed by atoms with van der Waals surface area (Å²) in [6.07, 6.45) is 3.47. The van der Waals surface area contributed by atoms with Crippen molar-refractivity contribution in [1.82, 2.24) is 9.97 Å². The summed E-state index contributed by atoms with van der Waals surface area (Å²) < 4.78 is 0. The summed E-state index contributed by atoms with van der Waals surface area (Å²) in [4.78, 5) is 11.5. The van der Waals surface area contributed by atoms with E-state index in [0.29, 0.717) is 0 Å². The van der Waals surface area contributed by atoms with E-state index in [-0.39, 0.29) is 6.71 Å². The van der Waals surface area contributed by atoms with Gasteiger partial charge in [0.05, 0.1) is 5.69 Å². The monoisotopic (exact) mass is 697 g/mol. The first-order chi connectivity index (χ1) is 26.3. The molecule has 0 saturated carbocycles. The van der Waals surface area contributed by atoms with Crippen LogP contribution in [0.3, 0.4) is 0 Å². The molecule has 0 atom stereocenters. The van der Waals surface area contributed by atoms with E-state index in [4.69, 9.17) is 4.98 Å². The molecule has 3 nitrogen and oxygen atoms in total. The van der Waals surface area contributed by atoms with Gasteiger partial charge >= 0.3 is 0 Å². The number of hydrogen-bond acceptors (Lipinski definition) is 3. The van der Waals surface area contributed by atoms with Crippen LogP contribution in [0.15, 0.2) is 158 Å². The van der Waals surface area contributed by atoms with Crippen LogP contribution in [-0.2, 0) is 0 Å². The maximum absolute atomic E-state index is 4.87. The molecule has 0 aliphatic heterocycles. The Morgan fingerprint density at radius 3 is 1.46 bits per heavy atom. The van der Waals surface area contributed by atoms with Crippen LogP contribution in [-0.4, -0.2) is 16.7 Å². The van der Waals surface area contributed by atoms with Gasteiger partial charge in [-0.25, -0.2) is 9.97 Å². The van der Waals surface area contributed by atoms with Crippen molar-refractivity contribution in [3.05, 3.63) is 191 Å². The molecule has 262 valence electrons. The van der Waals surface area contributed by atoms with Gasteiger partial charge in [0.15, 0.2) is 0 Å². The van der Waals surface area contributed by atoms with Crippen LogP contribution in [0, 0.1) is 41.5 Å². The van der Waals surface area contributed by atoms with E-state index in [0.717, 1.165) is 44.8 Å². The highest BCUT2D eigenvalue weighted by molar-refractivity contribution is 6.98. The molecule has 4 heteroatoms. The number of hydrogen-bond donors (Lipinski definition) is 0. The third-order valence-electron chi connectivity index (χ3n) is 10.7. The van der Waals surface area contributed by atoms with E-state index in [1.807, 2.05) is 12.3 Å². The summed E-state index contributed by atoms with van der Waals surface area (Å²) in [5.74, 6) is 0.805. The Balaban J connectivity index is 1.41. The number of nitrogens with zero attached hydrogens (tertiary/aromatic N) is 3. The fourth-order valence-electron chi connectivity index (χ4n) is 8.65. The molecular formula is C50H44BN3. The fourth-order valence-corrected chi connectivity index (χ4v) is 8.65. The minimum absolute atomic E-state index is 0.0451. The van der Waals surface area contributed by atoms with Crippen molar-refractivity contribution in [1.29, 1.82) is 0 Å². The van der Waals surface area contributed by atoms with E-state index in [2.05, 4.69) is 191 Å². The molecule has 0 bridgehead atoms. The predicted octanol–water partition coefficient (Wildman–Crippen LogP) is 10.8. The Morgan fingerprint density at radius 2 is 0.963 bits per heavy atom. The van der Waals surface area contributed by atoms with Crippen LogP contribution in [0.4, 0.5) is 17.2 Å². The topological polar surface area (TPSA) is 29.0 Å². The Morgan fingerprint density at radius 1 is 0.463 bits per heavy atom. The predicted molar refractivity (Wildman–Crippen MR) is 231 cm³/mol. The zero-order chi connectivity index (χ0) is 37.3. The van der Waals surface area contributed by atoms with Gasteiger partial charge in [-0.15, -0.1) is 0 Å². The van der Waals surface area contributed by atoms with Gasteiger partial charge in [0.25, 0.3) is 0 Å². The molecule has 0 radical (unpaired) electrons. The second-order valence-electron chi connectivity index (χ2n) is 14.7. The molecule has 0 spiro atoms. The van der Waals surface area contributed by atoms with Gasteiger partial charge in [0.1, 0.15) is 12.1 Å². The zero-order valence-electron chi connectivity index (χ0n) is 31.9. The lowest BCUT2D eigenvalue weighted by Gasteiger charge is -2.29. The number of aryl methyl sites for hydroxylation is 6. The van der Waals surface area contributed by atoms with Gasteiger partial charge < -0.3 is 0 Å². The van der Waals surface area contributed by atoms with E-state index in [1.165, 1.54) is 55.2 Å². The molecule has 1 aromatic heterocycles. The van der Waals surface area contributed by atoms with Gasteiger partial charge in [0, 0.05) is 17.3 Å². The zero-order valence-corrected chi connectivity index (χ0v) is 31.9. The van der Waals surface area contributed by atoms with Gasteiger partial charge in [-0.05, 0) is 99.5 Å². The molecule has 0 unspecified atom stereocenters. The second kappa shape index (κ2) is 14.6. The minimum Gasteiger partial charge on any atom is -0.294 e. The average molecular weight is 698 g/mol. The molecule has 0 aliphatic carbocycles. The molecule has 8 rings (SSSR count). The SMILES string of the molecule is Cc1cc(C)c(B(c2c(C)cc(C)cc2C)c2ccc(N(c3cc(-c4ccccc4)cc(-c4ccccc4)c3)c3ccncn3)c3ccccc23)c(C)c1. The lowest BCUT2D eigenvalue weighted by Crippen LogP contribution is -2.56. The highest BCUT2D eigenvalue weighted by Crippen LogP contribution is 2.41. The maximum atomic E-state index is 4.87. The van der Waals surface area contributed by atoms with Crippen molar-refractivity contribution < 1.29 is 0 Å². The summed E-state index contributed by atoms with van der Waals surface area (Å²) in [6.45, 7) is 13.5. The Labute approximate surface area is 320 Å². The summed E-state index contributed by atoms with van der Waals surface area (Å²) in [5.41, 5.74) is 18.6. The van der Waals surface area contributed by atoms with Crippen LogP contribution in [0.25, 0.3) is 33.0 Å². The standard InChI is InChI=1S/C50H44BN3/c1-33-25-35(3)49(36(4)26-33)51(50-37(5)27-34(2)28-38(50)6)46-21-22-47(45-20-14-13-19-44(45)46)54(48-23-24-52-32-53-48)43-30-41(39-15-9-7-10-16-39)29-42(31-43)40-17-11-8-12-18-40/h7-32H,1-6H3. The van der Waals surface area contributed by atoms with E-state index in [1.54, 1.807) is 6.33 Å². The van der Waals surface area contributed by atoms with Crippen LogP contribution in [0.5, 0.6) is 0 Å². The molecule has 54 heavy (non-hydrogen) atoms. The van der Waals surface area contributed by atoms with Crippen LogP contribution >= 0.6 is 0 Å². The molecular weight excluding hydrogens is 653 g/mol. The van der Waals surface area contributed by atoms with Gasteiger partial charge in [-0.1, -0.05) is 165 Å². The largest absolute Gasteiger partial charge is 0.294 e. The molecule has 0 fully saturated rings. The van der Waals surface area contributed by atoms with Gasteiger partial charge in [-0.3, -0.25) is 4.90 Å². The summed E-state index contributed by atoms with van der Waals surface area (Å²) >= 11 is 0. The molecule has 7 aromatic carbocycles. The quantitative estimate of drug-likeness (QED) is 0.148. The highest BCUT2D eigenvalue weighted by Gasteiger charge is 2.31. The van der Waals surface area contributed by atoms with E-state index < -0.39 is 0 Å². The van der Waals surface area contributed by atoms with Crippen LogP contribution < -0.4 is 21.3 Å². The van der Waals surface area contributed by atoms with Crippen molar-refractivity contribution in [3.8, 4) is 22.3 Å². The number of benzene rings is 7. The maximum Gasteiger partial charge on any atom is 0.243 e. The summed E-state index contributed by atoms with van der Waals surface area (Å²) in [5, 5.41) is 2.38. The second-order valence-corrected chi connectivity index (χ2v) is 14.7. The smallest absolute Gasteiger partial charge is 0.243 e. The Bertz CT molecular complexity index is 2460. The molecule has 0 aliphatic rings. The highest BCUT2D eigenvalue weighted by atomic mass is 15.2. The third kappa shape index (κ3) is 6.61. The molecule has 8 aromatic rings. The van der Waals surface area contributed by atoms with E-state index in [9.17, 15) is 0 Å². The molecule has 0 saturated heterocycles. The summed E-state index contributed by atoms with van der Waals surface area (Å²) in [6, 6.07) is 53.0. The Kier molecular flexibility index (Phi) is 9.44. The number of aromatic nitrogens is 2. The number of anilines is 3. The normalized spacial score (nSPS) is 11.1. The minimum atomic E-state index is 0.0451. The first kappa shape index (κ1) is 34.8. The number of fused-ring (bicyclic) bond motifs is 1. The van der Waals surface area contributed by atoms with Crippen molar-refractivity contribution >= 4 is 51.1 Å². The first-order valence-electron chi connectivity index (χ1n) is 18.8. The van der Waals surface area contributed by atoms with Crippen molar-refractivity contribution in [2.75, 3.05) is 4.90 Å². The lowest BCUT2D eigenvalue weighted by atomic mass is 9.33. The van der Waals surface area contributed by atoms with Crippen molar-refractivity contribution in [2.24, 2.45) is 0 Å². The molecule has 1 heterocycles. The average Bonchev–Trinajstić information content (AvgIpc) is 3.18. The van der Waals surface area contributed by atoms with Crippen molar-refractivity contribution in [3.63, 3.8) is 0 Å². The van der Waals surface area contributed by atoms with Crippen LogP contribution in [0.1, 0.15) is 33.4 Å². The molecule has 0 amide bonds. The third-order valence-corrected chi connectivity index (χ3v) is 10.7. The van der Waals surface area contributed by atoms with E-state index >= 15 is 0 Å². The van der Waals surface area contributed by atoms with Crippen molar-refractivity contribution in [2.45, 2.75) is 41.5 Å². The van der Waals surface area contributed by atoms with Crippen LogP contribution in [0.2, 0.25) is 0 Å². The number of rotatable bonds is 8. The fraction of sp³-hybridized carbons (Fsp3) is 0.120. The van der Waals surface area contributed by atoms with Gasteiger partial charge in [0.2, 0.25) is 6.71 Å². The van der Waals surface area contributed by atoms with Gasteiger partial charge in [-0.2, -0.15) is 0 Å². The first-order valence-corrected chi connectivity index (χ1v) is 18.8. The Hall–Kier alpha value is -6.26. The lowest BCUT2D eigenvalue weighted by molar-refractivity contribution is 1.11.